The first kappa shape index (κ1) is 12.4. The van der Waals surface area contributed by atoms with Gasteiger partial charge in [0.25, 0.3) is 0 Å². The van der Waals surface area contributed by atoms with Gasteiger partial charge in [-0.2, -0.15) is 5.10 Å². The van der Waals surface area contributed by atoms with Crippen LogP contribution in [0.2, 0.25) is 0 Å². The first-order valence-electron chi connectivity index (χ1n) is 6.56. The number of aromatic nitrogens is 3. The molecule has 0 fully saturated rings. The van der Waals surface area contributed by atoms with Crippen LogP contribution in [0.1, 0.15) is 5.82 Å². The van der Waals surface area contributed by atoms with E-state index in [2.05, 4.69) is 15.2 Å². The van der Waals surface area contributed by atoms with Crippen molar-refractivity contribution < 1.29 is 4.74 Å². The zero-order valence-corrected chi connectivity index (χ0v) is 11.0. The Kier molecular flexibility index (Phi) is 3.73. The van der Waals surface area contributed by atoms with Crippen LogP contribution in [0.5, 0.6) is 5.75 Å². The summed E-state index contributed by atoms with van der Waals surface area (Å²) in [6.07, 6.45) is 0.703. The minimum Gasteiger partial charge on any atom is -0.493 e. The summed E-state index contributed by atoms with van der Waals surface area (Å²) in [5, 5.41) is 7.17. The maximum atomic E-state index is 5.64. The van der Waals surface area contributed by atoms with Gasteiger partial charge in [-0.15, -0.1) is 0 Å². The van der Waals surface area contributed by atoms with Crippen molar-refractivity contribution in [1.29, 1.82) is 0 Å². The van der Waals surface area contributed by atoms with Gasteiger partial charge in [-0.25, -0.2) is 4.98 Å². The first-order chi connectivity index (χ1) is 9.92. The fourth-order valence-electron chi connectivity index (χ4n) is 1.91. The average Bonchev–Trinajstić information content (AvgIpc) is 2.98. The summed E-state index contributed by atoms with van der Waals surface area (Å²) in [5.74, 6) is 2.43. The summed E-state index contributed by atoms with van der Waals surface area (Å²) in [6.45, 7) is 0.577. The standard InChI is InChI=1S/C16H15N3O/c1-3-7-13(8-4-1)16-17-15(18-19-16)11-12-20-14-9-5-2-6-10-14/h1-10H,11-12H2,(H,17,18,19). The average molecular weight is 265 g/mol. The molecule has 0 radical (unpaired) electrons. The van der Waals surface area contributed by atoms with E-state index >= 15 is 0 Å². The molecule has 100 valence electrons. The molecule has 20 heavy (non-hydrogen) atoms. The van der Waals surface area contributed by atoms with Crippen LogP contribution in [-0.4, -0.2) is 21.8 Å². The van der Waals surface area contributed by atoms with E-state index in [-0.39, 0.29) is 0 Å². The lowest BCUT2D eigenvalue weighted by Crippen LogP contribution is -2.02. The molecule has 3 aromatic rings. The highest BCUT2D eigenvalue weighted by Gasteiger charge is 2.05. The maximum Gasteiger partial charge on any atom is 0.181 e. The van der Waals surface area contributed by atoms with Gasteiger partial charge in [-0.05, 0) is 12.1 Å². The Morgan fingerprint density at radius 1 is 0.900 bits per heavy atom. The van der Waals surface area contributed by atoms with Crippen molar-refractivity contribution in [1.82, 2.24) is 15.2 Å². The fourth-order valence-corrected chi connectivity index (χ4v) is 1.91. The van der Waals surface area contributed by atoms with Gasteiger partial charge < -0.3 is 4.74 Å². The smallest absolute Gasteiger partial charge is 0.181 e. The monoisotopic (exact) mass is 265 g/mol. The summed E-state index contributed by atoms with van der Waals surface area (Å²) in [6, 6.07) is 19.7. The minimum absolute atomic E-state index is 0.577. The van der Waals surface area contributed by atoms with Crippen molar-refractivity contribution in [2.45, 2.75) is 6.42 Å². The number of nitrogens with one attached hydrogen (secondary N) is 1. The number of ether oxygens (including phenoxy) is 1. The largest absolute Gasteiger partial charge is 0.493 e. The molecule has 0 atom stereocenters. The fraction of sp³-hybridized carbons (Fsp3) is 0.125. The normalized spacial score (nSPS) is 10.4. The van der Waals surface area contributed by atoms with Crippen molar-refractivity contribution in [2.75, 3.05) is 6.61 Å². The lowest BCUT2D eigenvalue weighted by molar-refractivity contribution is 0.319. The van der Waals surface area contributed by atoms with Crippen molar-refractivity contribution in [3.63, 3.8) is 0 Å². The Labute approximate surface area is 117 Å². The Balaban J connectivity index is 1.58. The molecular formula is C16H15N3O. The third-order valence-electron chi connectivity index (χ3n) is 2.91. The SMILES string of the molecule is c1ccc(OCCc2nc(-c3ccccc3)n[nH]2)cc1. The predicted molar refractivity (Wildman–Crippen MR) is 77.5 cm³/mol. The van der Waals surface area contributed by atoms with Crippen LogP contribution in [0.3, 0.4) is 0 Å². The van der Waals surface area contributed by atoms with Gasteiger partial charge in [-0.1, -0.05) is 48.5 Å². The molecule has 0 aliphatic rings. The van der Waals surface area contributed by atoms with E-state index in [1.54, 1.807) is 0 Å². The van der Waals surface area contributed by atoms with Crippen LogP contribution in [0.4, 0.5) is 0 Å². The Bertz CT molecular complexity index is 650. The number of hydrogen-bond acceptors (Lipinski definition) is 3. The van der Waals surface area contributed by atoms with E-state index in [1.165, 1.54) is 0 Å². The third kappa shape index (κ3) is 3.03. The Morgan fingerprint density at radius 3 is 2.35 bits per heavy atom. The van der Waals surface area contributed by atoms with Crippen LogP contribution < -0.4 is 4.74 Å². The highest BCUT2D eigenvalue weighted by atomic mass is 16.5. The molecule has 3 rings (SSSR count). The van der Waals surface area contributed by atoms with E-state index in [0.717, 1.165) is 23.0 Å². The molecule has 0 unspecified atom stereocenters. The molecule has 1 aromatic heterocycles. The van der Waals surface area contributed by atoms with Crippen LogP contribution in [0.15, 0.2) is 60.7 Å². The Hall–Kier alpha value is -2.62. The van der Waals surface area contributed by atoms with E-state index in [9.17, 15) is 0 Å². The second kappa shape index (κ2) is 6.02. The second-order valence-electron chi connectivity index (χ2n) is 4.38. The molecule has 0 aliphatic carbocycles. The van der Waals surface area contributed by atoms with Gasteiger partial charge in [0.05, 0.1) is 6.61 Å². The molecule has 0 aliphatic heterocycles. The highest BCUT2D eigenvalue weighted by molar-refractivity contribution is 5.53. The van der Waals surface area contributed by atoms with Crippen LogP contribution >= 0.6 is 0 Å². The number of aromatic amines is 1. The predicted octanol–water partition coefficient (Wildman–Crippen LogP) is 3.09. The summed E-state index contributed by atoms with van der Waals surface area (Å²) < 4.78 is 5.64. The van der Waals surface area contributed by atoms with Gasteiger partial charge in [0.15, 0.2) is 5.82 Å². The maximum absolute atomic E-state index is 5.64. The third-order valence-corrected chi connectivity index (χ3v) is 2.91. The molecule has 1 heterocycles. The first-order valence-corrected chi connectivity index (χ1v) is 6.56. The number of rotatable bonds is 5. The van der Waals surface area contributed by atoms with Crippen molar-refractivity contribution in [2.24, 2.45) is 0 Å². The van der Waals surface area contributed by atoms with Crippen LogP contribution in [0.25, 0.3) is 11.4 Å². The van der Waals surface area contributed by atoms with Crippen LogP contribution in [0, 0.1) is 0 Å². The van der Waals surface area contributed by atoms with Crippen molar-refractivity contribution in [3.05, 3.63) is 66.5 Å². The van der Waals surface area contributed by atoms with Crippen LogP contribution in [-0.2, 0) is 6.42 Å². The Morgan fingerprint density at radius 2 is 1.60 bits per heavy atom. The second-order valence-corrected chi connectivity index (χ2v) is 4.38. The van der Waals surface area contributed by atoms with Gasteiger partial charge in [-0.3, -0.25) is 5.10 Å². The van der Waals surface area contributed by atoms with E-state index < -0.39 is 0 Å². The molecule has 0 spiro atoms. The van der Waals surface area contributed by atoms with E-state index in [0.29, 0.717) is 13.0 Å². The van der Waals surface area contributed by atoms with Gasteiger partial charge >= 0.3 is 0 Å². The lowest BCUT2D eigenvalue weighted by Gasteiger charge is -2.03. The quantitative estimate of drug-likeness (QED) is 0.771. The lowest BCUT2D eigenvalue weighted by atomic mass is 10.2. The zero-order chi connectivity index (χ0) is 13.6. The molecule has 4 nitrogen and oxygen atoms in total. The number of para-hydroxylation sites is 1. The highest BCUT2D eigenvalue weighted by Crippen LogP contribution is 2.14. The molecule has 0 saturated carbocycles. The summed E-state index contributed by atoms with van der Waals surface area (Å²) >= 11 is 0. The molecule has 1 N–H and O–H groups in total. The summed E-state index contributed by atoms with van der Waals surface area (Å²) in [4.78, 5) is 4.47. The number of hydrogen-bond donors (Lipinski definition) is 1. The molecule has 0 bridgehead atoms. The molecule has 0 saturated heterocycles. The van der Waals surface area contributed by atoms with Gasteiger partial charge in [0.2, 0.25) is 0 Å². The molecule has 0 amide bonds. The van der Waals surface area contributed by atoms with E-state index in [1.807, 2.05) is 60.7 Å². The van der Waals surface area contributed by atoms with Gasteiger partial charge in [0, 0.05) is 12.0 Å². The molecular weight excluding hydrogens is 250 g/mol. The molecule has 4 heteroatoms. The van der Waals surface area contributed by atoms with Gasteiger partial charge in [0.1, 0.15) is 11.6 Å². The van der Waals surface area contributed by atoms with Crippen molar-refractivity contribution in [3.8, 4) is 17.1 Å². The zero-order valence-electron chi connectivity index (χ0n) is 11.0. The summed E-state index contributed by atoms with van der Waals surface area (Å²) in [5.41, 5.74) is 1.01. The summed E-state index contributed by atoms with van der Waals surface area (Å²) in [7, 11) is 0. The van der Waals surface area contributed by atoms with E-state index in [4.69, 9.17) is 4.74 Å². The number of H-pyrrole nitrogens is 1. The number of nitrogens with zero attached hydrogens (tertiary/aromatic N) is 2. The molecule has 2 aromatic carbocycles. The topological polar surface area (TPSA) is 50.8 Å². The van der Waals surface area contributed by atoms with Crippen molar-refractivity contribution >= 4 is 0 Å². The minimum atomic E-state index is 0.577. The number of benzene rings is 2.